The van der Waals surface area contributed by atoms with E-state index in [2.05, 4.69) is 10.1 Å². The van der Waals surface area contributed by atoms with Crippen LogP contribution in [0.1, 0.15) is 19.5 Å². The summed E-state index contributed by atoms with van der Waals surface area (Å²) >= 11 is 0. The van der Waals surface area contributed by atoms with Gasteiger partial charge < -0.3 is 4.57 Å². The summed E-state index contributed by atoms with van der Waals surface area (Å²) in [7, 11) is 3.43. The summed E-state index contributed by atoms with van der Waals surface area (Å²) in [6, 6.07) is 0. The molecule has 0 atom stereocenters. The number of aryl methyl sites for hydroxylation is 3. The Balaban J connectivity index is 0.000000531. The van der Waals surface area contributed by atoms with Crippen LogP contribution in [0.15, 0.2) is 11.1 Å². The average Bonchev–Trinajstić information content (AvgIpc) is 2.51. The molecular formula is C10H16N4O. The fourth-order valence-electron chi connectivity index (χ4n) is 1.41. The Morgan fingerprint density at radius 3 is 2.47 bits per heavy atom. The summed E-state index contributed by atoms with van der Waals surface area (Å²) in [5, 5.41) is 4.13. The molecule has 0 saturated carbocycles. The summed E-state index contributed by atoms with van der Waals surface area (Å²) in [6.45, 7) is 5.84. The van der Waals surface area contributed by atoms with Crippen LogP contribution in [0.3, 0.4) is 0 Å². The monoisotopic (exact) mass is 208 g/mol. The van der Waals surface area contributed by atoms with Gasteiger partial charge >= 0.3 is 0 Å². The molecule has 0 bridgehead atoms. The minimum absolute atomic E-state index is 0.0619. The Kier molecular flexibility index (Phi) is 3.24. The van der Waals surface area contributed by atoms with E-state index in [1.165, 1.54) is 10.9 Å². The first-order valence-corrected chi connectivity index (χ1v) is 4.96. The minimum atomic E-state index is -0.0619. The Morgan fingerprint density at radius 2 is 1.87 bits per heavy atom. The Hall–Kier alpha value is -1.65. The number of hydrogen-bond acceptors (Lipinski definition) is 3. The Morgan fingerprint density at radius 1 is 1.27 bits per heavy atom. The van der Waals surface area contributed by atoms with Gasteiger partial charge in [0.15, 0.2) is 5.52 Å². The molecule has 2 aromatic heterocycles. The van der Waals surface area contributed by atoms with Crippen LogP contribution in [0, 0.1) is 6.92 Å². The number of fused-ring (bicyclic) bond motifs is 1. The first kappa shape index (κ1) is 11.4. The van der Waals surface area contributed by atoms with Gasteiger partial charge in [0, 0.05) is 14.1 Å². The van der Waals surface area contributed by atoms with Crippen LogP contribution in [0.25, 0.3) is 11.0 Å². The third kappa shape index (κ3) is 1.77. The third-order valence-electron chi connectivity index (χ3n) is 2.07. The maximum atomic E-state index is 11.6. The SMILES string of the molecule is CC.Cc1nn(C)c2c(=O)n(C)cnc12. The van der Waals surface area contributed by atoms with Crippen molar-refractivity contribution in [1.29, 1.82) is 0 Å². The Labute approximate surface area is 88.4 Å². The lowest BCUT2D eigenvalue weighted by atomic mass is 10.4. The molecule has 0 aliphatic carbocycles. The van der Waals surface area contributed by atoms with Crippen molar-refractivity contribution in [1.82, 2.24) is 19.3 Å². The molecule has 0 N–H and O–H groups in total. The molecule has 0 amide bonds. The first-order valence-electron chi connectivity index (χ1n) is 4.96. The van der Waals surface area contributed by atoms with Crippen molar-refractivity contribution in [2.24, 2.45) is 14.1 Å². The van der Waals surface area contributed by atoms with Gasteiger partial charge in [0.05, 0.1) is 12.0 Å². The average molecular weight is 208 g/mol. The zero-order valence-corrected chi connectivity index (χ0v) is 9.77. The van der Waals surface area contributed by atoms with Crippen molar-refractivity contribution in [3.05, 3.63) is 22.4 Å². The van der Waals surface area contributed by atoms with Crippen molar-refractivity contribution in [3.8, 4) is 0 Å². The van der Waals surface area contributed by atoms with Crippen molar-refractivity contribution in [3.63, 3.8) is 0 Å². The largest absolute Gasteiger partial charge is 0.301 e. The lowest BCUT2D eigenvalue weighted by Crippen LogP contribution is -2.18. The van der Waals surface area contributed by atoms with Crippen molar-refractivity contribution >= 4 is 11.0 Å². The molecular weight excluding hydrogens is 192 g/mol. The van der Waals surface area contributed by atoms with Crippen LogP contribution in [-0.4, -0.2) is 19.3 Å². The molecule has 2 rings (SSSR count). The molecule has 0 spiro atoms. The van der Waals surface area contributed by atoms with E-state index in [4.69, 9.17) is 0 Å². The van der Waals surface area contributed by atoms with Gasteiger partial charge in [-0.05, 0) is 6.92 Å². The van der Waals surface area contributed by atoms with E-state index < -0.39 is 0 Å². The van der Waals surface area contributed by atoms with Gasteiger partial charge in [-0.3, -0.25) is 9.48 Å². The molecule has 0 aliphatic rings. The van der Waals surface area contributed by atoms with Crippen LogP contribution in [0.4, 0.5) is 0 Å². The smallest absolute Gasteiger partial charge is 0.279 e. The molecule has 82 valence electrons. The van der Waals surface area contributed by atoms with Gasteiger partial charge in [-0.15, -0.1) is 0 Å². The predicted molar refractivity (Wildman–Crippen MR) is 59.8 cm³/mol. The van der Waals surface area contributed by atoms with E-state index in [9.17, 15) is 4.79 Å². The second-order valence-electron chi connectivity index (χ2n) is 3.07. The van der Waals surface area contributed by atoms with Gasteiger partial charge in [-0.25, -0.2) is 4.98 Å². The third-order valence-corrected chi connectivity index (χ3v) is 2.07. The molecule has 5 heteroatoms. The number of nitrogens with zero attached hydrogens (tertiary/aromatic N) is 4. The lowest BCUT2D eigenvalue weighted by Gasteiger charge is -1.96. The normalized spacial score (nSPS) is 9.93. The zero-order valence-electron chi connectivity index (χ0n) is 9.77. The number of rotatable bonds is 0. The van der Waals surface area contributed by atoms with Gasteiger partial charge in [-0.1, -0.05) is 13.8 Å². The summed E-state index contributed by atoms with van der Waals surface area (Å²) in [6.07, 6.45) is 1.51. The second-order valence-corrected chi connectivity index (χ2v) is 3.07. The highest BCUT2D eigenvalue weighted by Gasteiger charge is 2.09. The number of hydrogen-bond donors (Lipinski definition) is 0. The van der Waals surface area contributed by atoms with Gasteiger partial charge in [0.1, 0.15) is 5.52 Å². The topological polar surface area (TPSA) is 52.7 Å². The molecule has 0 unspecified atom stereocenters. The van der Waals surface area contributed by atoms with Crippen molar-refractivity contribution in [2.45, 2.75) is 20.8 Å². The second kappa shape index (κ2) is 4.25. The summed E-state index contributed by atoms with van der Waals surface area (Å²) < 4.78 is 3.02. The molecule has 0 saturated heterocycles. The summed E-state index contributed by atoms with van der Waals surface area (Å²) in [5.74, 6) is 0. The first-order chi connectivity index (χ1) is 7.11. The van der Waals surface area contributed by atoms with Crippen LogP contribution in [-0.2, 0) is 14.1 Å². The Bertz CT molecular complexity index is 524. The molecule has 0 aliphatic heterocycles. The summed E-state index contributed by atoms with van der Waals surface area (Å²) in [5.41, 5.74) is 1.97. The highest BCUT2D eigenvalue weighted by molar-refractivity contribution is 5.75. The quantitative estimate of drug-likeness (QED) is 0.649. The van der Waals surface area contributed by atoms with E-state index in [1.807, 2.05) is 20.8 Å². The molecule has 0 radical (unpaired) electrons. The highest BCUT2D eigenvalue weighted by atomic mass is 16.1. The fourth-order valence-corrected chi connectivity index (χ4v) is 1.41. The molecule has 15 heavy (non-hydrogen) atoms. The van der Waals surface area contributed by atoms with Gasteiger partial charge in [-0.2, -0.15) is 5.10 Å². The molecule has 2 heterocycles. The molecule has 0 fully saturated rings. The minimum Gasteiger partial charge on any atom is -0.301 e. The number of aromatic nitrogens is 4. The van der Waals surface area contributed by atoms with E-state index in [-0.39, 0.29) is 5.56 Å². The highest BCUT2D eigenvalue weighted by Crippen LogP contribution is 2.08. The summed E-state index contributed by atoms with van der Waals surface area (Å²) in [4.78, 5) is 15.8. The van der Waals surface area contributed by atoms with Gasteiger partial charge in [0.2, 0.25) is 0 Å². The maximum absolute atomic E-state index is 11.6. The standard InChI is InChI=1S/C8H10N4O.C2H6/c1-5-6-7(12(3)10-5)8(13)11(2)4-9-6;1-2/h4H,1-3H3;1-2H3. The van der Waals surface area contributed by atoms with E-state index in [0.717, 1.165) is 5.69 Å². The van der Waals surface area contributed by atoms with Crippen LogP contribution >= 0.6 is 0 Å². The van der Waals surface area contributed by atoms with Crippen molar-refractivity contribution < 1.29 is 0 Å². The van der Waals surface area contributed by atoms with E-state index in [0.29, 0.717) is 11.0 Å². The van der Waals surface area contributed by atoms with Crippen molar-refractivity contribution in [2.75, 3.05) is 0 Å². The zero-order chi connectivity index (χ0) is 11.6. The molecule has 2 aromatic rings. The molecule has 0 aromatic carbocycles. The molecule has 5 nitrogen and oxygen atoms in total. The fraction of sp³-hybridized carbons (Fsp3) is 0.500. The van der Waals surface area contributed by atoms with E-state index >= 15 is 0 Å². The van der Waals surface area contributed by atoms with Crippen LogP contribution in [0.2, 0.25) is 0 Å². The predicted octanol–water partition coefficient (Wildman–Crippen LogP) is 1.00. The van der Waals surface area contributed by atoms with E-state index in [1.54, 1.807) is 18.8 Å². The van der Waals surface area contributed by atoms with Crippen LogP contribution < -0.4 is 5.56 Å². The maximum Gasteiger partial charge on any atom is 0.279 e. The van der Waals surface area contributed by atoms with Crippen LogP contribution in [0.5, 0.6) is 0 Å². The van der Waals surface area contributed by atoms with Gasteiger partial charge in [0.25, 0.3) is 5.56 Å². The lowest BCUT2D eigenvalue weighted by molar-refractivity contribution is 0.765.